The molecule has 0 amide bonds. The van der Waals surface area contributed by atoms with Gasteiger partial charge in [-0.05, 0) is 30.7 Å². The molecule has 0 heterocycles. The van der Waals surface area contributed by atoms with Crippen LogP contribution in [0.15, 0.2) is 41.8 Å². The molecule has 82 valence electrons. The Morgan fingerprint density at radius 3 is 2.40 bits per heavy atom. The van der Waals surface area contributed by atoms with Crippen molar-refractivity contribution in [2.45, 2.75) is 11.3 Å². The van der Waals surface area contributed by atoms with Crippen molar-refractivity contribution in [3.8, 4) is 0 Å². The van der Waals surface area contributed by atoms with Crippen LogP contribution in [0.4, 0.5) is 5.69 Å². The summed E-state index contributed by atoms with van der Waals surface area (Å²) < 4.78 is 21.9. The van der Waals surface area contributed by atoms with Gasteiger partial charge in [-0.1, -0.05) is 6.08 Å². The summed E-state index contributed by atoms with van der Waals surface area (Å²) in [5.41, 5.74) is 0.865. The third kappa shape index (κ3) is 3.73. The molecule has 0 unspecified atom stereocenters. The number of nitrogens with one attached hydrogen (secondary N) is 1. The molecule has 0 aliphatic carbocycles. The molecule has 4 nitrogen and oxygen atoms in total. The summed E-state index contributed by atoms with van der Waals surface area (Å²) in [5, 5.41) is 8.08. The topological polar surface area (TPSA) is 72.2 Å². The van der Waals surface area contributed by atoms with Gasteiger partial charge < -0.3 is 5.32 Å². The van der Waals surface area contributed by atoms with Crippen LogP contribution < -0.4 is 10.5 Å². The van der Waals surface area contributed by atoms with Crippen molar-refractivity contribution in [1.82, 2.24) is 0 Å². The van der Waals surface area contributed by atoms with Crippen LogP contribution >= 0.6 is 0 Å². The molecular formula is C10H14N2O2S. The van der Waals surface area contributed by atoms with Crippen LogP contribution in [0.3, 0.4) is 0 Å². The summed E-state index contributed by atoms with van der Waals surface area (Å²) in [6, 6.07) is 6.32. The predicted octanol–water partition coefficient (Wildman–Crippen LogP) is 1.32. The van der Waals surface area contributed by atoms with Gasteiger partial charge in [-0.2, -0.15) is 0 Å². The average molecular weight is 226 g/mol. The molecule has 5 heteroatoms. The van der Waals surface area contributed by atoms with Crippen molar-refractivity contribution < 1.29 is 8.42 Å². The largest absolute Gasteiger partial charge is 0.385 e. The summed E-state index contributed by atoms with van der Waals surface area (Å²) in [6.45, 7) is 4.38. The number of nitrogens with two attached hydrogens (primary N) is 1. The molecule has 0 aliphatic rings. The lowest BCUT2D eigenvalue weighted by Crippen LogP contribution is -2.12. The lowest BCUT2D eigenvalue weighted by Gasteiger charge is -2.05. The van der Waals surface area contributed by atoms with E-state index in [9.17, 15) is 8.42 Å². The van der Waals surface area contributed by atoms with Crippen molar-refractivity contribution in [2.75, 3.05) is 11.9 Å². The number of hydrogen-bond acceptors (Lipinski definition) is 3. The molecule has 1 aromatic rings. The molecule has 3 N–H and O–H groups in total. The Bertz CT molecular complexity index is 423. The van der Waals surface area contributed by atoms with E-state index in [1.165, 1.54) is 12.1 Å². The van der Waals surface area contributed by atoms with E-state index in [0.717, 1.165) is 18.7 Å². The summed E-state index contributed by atoms with van der Waals surface area (Å²) in [6.07, 6.45) is 2.67. The monoisotopic (exact) mass is 226 g/mol. The minimum atomic E-state index is -3.59. The molecule has 0 spiro atoms. The third-order valence-electron chi connectivity index (χ3n) is 1.86. The minimum Gasteiger partial charge on any atom is -0.385 e. The highest BCUT2D eigenvalue weighted by molar-refractivity contribution is 7.89. The van der Waals surface area contributed by atoms with Crippen LogP contribution in [0, 0.1) is 0 Å². The second-order valence-corrected chi connectivity index (χ2v) is 4.63. The lowest BCUT2D eigenvalue weighted by molar-refractivity contribution is 0.598. The number of sulfonamides is 1. The highest BCUT2D eigenvalue weighted by Gasteiger charge is 2.05. The van der Waals surface area contributed by atoms with Crippen LogP contribution in [0.5, 0.6) is 0 Å². The van der Waals surface area contributed by atoms with Gasteiger partial charge in [0, 0.05) is 12.2 Å². The van der Waals surface area contributed by atoms with Crippen LogP contribution in [-0.4, -0.2) is 15.0 Å². The molecule has 0 aromatic heterocycles. The first-order chi connectivity index (χ1) is 7.04. The van der Waals surface area contributed by atoms with Crippen molar-refractivity contribution in [2.24, 2.45) is 5.14 Å². The molecule has 1 aromatic carbocycles. The van der Waals surface area contributed by atoms with Crippen LogP contribution in [0.1, 0.15) is 6.42 Å². The number of primary sulfonamides is 1. The zero-order valence-corrected chi connectivity index (χ0v) is 9.13. The van der Waals surface area contributed by atoms with E-state index in [1.54, 1.807) is 12.1 Å². The number of rotatable bonds is 5. The second kappa shape index (κ2) is 4.95. The lowest BCUT2D eigenvalue weighted by atomic mass is 10.3. The molecule has 1 rings (SSSR count). The number of benzene rings is 1. The fraction of sp³-hybridized carbons (Fsp3) is 0.200. The van der Waals surface area contributed by atoms with Crippen molar-refractivity contribution in [3.05, 3.63) is 36.9 Å². The molecular weight excluding hydrogens is 212 g/mol. The number of hydrogen-bond donors (Lipinski definition) is 2. The fourth-order valence-electron chi connectivity index (χ4n) is 1.08. The first-order valence-corrected chi connectivity index (χ1v) is 6.06. The Kier molecular flexibility index (Phi) is 3.88. The van der Waals surface area contributed by atoms with Gasteiger partial charge in [0.05, 0.1) is 4.90 Å². The maximum absolute atomic E-state index is 10.9. The average Bonchev–Trinajstić information content (AvgIpc) is 2.18. The van der Waals surface area contributed by atoms with Crippen LogP contribution in [0.25, 0.3) is 0 Å². The Balaban J connectivity index is 2.69. The standard InChI is InChI=1S/C10H14N2O2S/c1-2-3-8-12-9-4-6-10(7-5-9)15(11,13)14/h2,4-7,12H,1,3,8H2,(H2,11,13,14). The molecule has 0 fully saturated rings. The van der Waals surface area contributed by atoms with E-state index in [0.29, 0.717) is 0 Å². The van der Waals surface area contributed by atoms with Gasteiger partial charge in [-0.15, -0.1) is 6.58 Å². The molecule has 0 radical (unpaired) electrons. The third-order valence-corrected chi connectivity index (χ3v) is 2.79. The van der Waals surface area contributed by atoms with Crippen LogP contribution in [0.2, 0.25) is 0 Å². The van der Waals surface area contributed by atoms with E-state index in [2.05, 4.69) is 11.9 Å². The van der Waals surface area contributed by atoms with Crippen molar-refractivity contribution >= 4 is 15.7 Å². The molecule has 0 saturated heterocycles. The maximum Gasteiger partial charge on any atom is 0.238 e. The van der Waals surface area contributed by atoms with Gasteiger partial charge in [0.1, 0.15) is 0 Å². The van der Waals surface area contributed by atoms with E-state index in [1.807, 2.05) is 6.08 Å². The first kappa shape index (κ1) is 11.7. The van der Waals surface area contributed by atoms with E-state index in [4.69, 9.17) is 5.14 Å². The van der Waals surface area contributed by atoms with Gasteiger partial charge in [0.25, 0.3) is 0 Å². The van der Waals surface area contributed by atoms with Gasteiger partial charge in [0.15, 0.2) is 0 Å². The summed E-state index contributed by atoms with van der Waals surface area (Å²) in [5.74, 6) is 0. The van der Waals surface area contributed by atoms with Gasteiger partial charge in [0.2, 0.25) is 10.0 Å². The maximum atomic E-state index is 10.9. The van der Waals surface area contributed by atoms with E-state index >= 15 is 0 Å². The summed E-state index contributed by atoms with van der Waals surface area (Å²) in [4.78, 5) is 0.122. The minimum absolute atomic E-state index is 0.122. The fourth-order valence-corrected chi connectivity index (χ4v) is 1.60. The van der Waals surface area contributed by atoms with E-state index < -0.39 is 10.0 Å². The molecule has 0 atom stereocenters. The smallest absolute Gasteiger partial charge is 0.238 e. The molecule has 0 aliphatic heterocycles. The molecule has 0 bridgehead atoms. The Labute approximate surface area is 89.9 Å². The number of anilines is 1. The molecule has 15 heavy (non-hydrogen) atoms. The zero-order chi connectivity index (χ0) is 11.3. The normalized spacial score (nSPS) is 11.0. The SMILES string of the molecule is C=CCCNc1ccc(S(N)(=O)=O)cc1. The second-order valence-electron chi connectivity index (χ2n) is 3.07. The zero-order valence-electron chi connectivity index (χ0n) is 8.31. The highest BCUT2D eigenvalue weighted by Crippen LogP contribution is 2.12. The Morgan fingerprint density at radius 2 is 1.93 bits per heavy atom. The van der Waals surface area contributed by atoms with Gasteiger partial charge >= 0.3 is 0 Å². The van der Waals surface area contributed by atoms with Crippen LogP contribution in [-0.2, 0) is 10.0 Å². The van der Waals surface area contributed by atoms with Gasteiger partial charge in [-0.3, -0.25) is 0 Å². The first-order valence-electron chi connectivity index (χ1n) is 4.51. The quantitative estimate of drug-likeness (QED) is 0.587. The summed E-state index contributed by atoms with van der Waals surface area (Å²) >= 11 is 0. The van der Waals surface area contributed by atoms with E-state index in [-0.39, 0.29) is 4.90 Å². The Morgan fingerprint density at radius 1 is 1.33 bits per heavy atom. The van der Waals surface area contributed by atoms with Crippen molar-refractivity contribution in [1.29, 1.82) is 0 Å². The Hall–Kier alpha value is -1.33. The predicted molar refractivity (Wildman–Crippen MR) is 61.1 cm³/mol. The summed E-state index contributed by atoms with van der Waals surface area (Å²) in [7, 11) is -3.59. The van der Waals surface area contributed by atoms with Gasteiger partial charge in [-0.25, -0.2) is 13.6 Å². The molecule has 0 saturated carbocycles. The van der Waals surface area contributed by atoms with Crippen molar-refractivity contribution in [3.63, 3.8) is 0 Å². The highest BCUT2D eigenvalue weighted by atomic mass is 32.2.